The van der Waals surface area contributed by atoms with Crippen LogP contribution in [0, 0.1) is 0 Å². The SMILES string of the molecule is C=CC1C(C2c3ccc4c(sc5ccccc54)c3-c3cccc[n+]32)c2ccccc2-c2cccc[n+]21. The van der Waals surface area contributed by atoms with Crippen LogP contribution in [-0.2, 0) is 0 Å². The molecule has 3 aromatic carbocycles. The molecule has 0 amide bonds. The first-order valence-electron chi connectivity index (χ1n) is 12.5. The standard InChI is InChI=1S/C33H24N2S/c1-2-26-30(23-13-4-3-11-21(23)27-14-7-9-19-34(26)27)32-25-18-17-24-22-12-5-6-16-29(22)36-33(24)31(25)28-15-8-10-20-35(28)32/h2-20,26,30,32H,1H2/q+2. The van der Waals surface area contributed by atoms with Gasteiger partial charge in [-0.2, -0.15) is 9.13 Å². The Bertz CT molecular complexity index is 1850. The summed E-state index contributed by atoms with van der Waals surface area (Å²) in [5.74, 6) is 0.220. The van der Waals surface area contributed by atoms with Crippen molar-refractivity contribution in [2.45, 2.75) is 18.0 Å². The average Bonchev–Trinajstić information content (AvgIpc) is 3.48. The molecule has 3 unspecified atom stereocenters. The van der Waals surface area contributed by atoms with Gasteiger partial charge in [0.05, 0.1) is 11.1 Å². The maximum atomic E-state index is 4.34. The molecule has 0 bridgehead atoms. The Kier molecular flexibility index (Phi) is 4.17. The number of hydrogen-bond acceptors (Lipinski definition) is 1. The molecule has 0 radical (unpaired) electrons. The Hall–Kier alpha value is -4.08. The van der Waals surface area contributed by atoms with Gasteiger partial charge in [-0.25, -0.2) is 0 Å². The van der Waals surface area contributed by atoms with Crippen LogP contribution in [0.3, 0.4) is 0 Å². The van der Waals surface area contributed by atoms with Gasteiger partial charge in [0.2, 0.25) is 11.4 Å². The Balaban J connectivity index is 1.45. The van der Waals surface area contributed by atoms with Crippen LogP contribution in [0.4, 0.5) is 0 Å². The fraction of sp³-hybridized carbons (Fsp3) is 0.0909. The highest BCUT2D eigenvalue weighted by Crippen LogP contribution is 2.52. The predicted molar refractivity (Wildman–Crippen MR) is 147 cm³/mol. The van der Waals surface area contributed by atoms with E-state index in [1.165, 1.54) is 53.8 Å². The van der Waals surface area contributed by atoms with Gasteiger partial charge in [-0.3, -0.25) is 0 Å². The summed E-state index contributed by atoms with van der Waals surface area (Å²) in [5, 5.41) is 2.71. The molecule has 3 atom stereocenters. The minimum atomic E-state index is 0.144. The lowest BCUT2D eigenvalue weighted by atomic mass is 9.76. The van der Waals surface area contributed by atoms with Gasteiger partial charge in [0.1, 0.15) is 5.92 Å². The van der Waals surface area contributed by atoms with E-state index in [4.69, 9.17) is 0 Å². The van der Waals surface area contributed by atoms with Crippen molar-refractivity contribution >= 4 is 31.5 Å². The molecule has 2 aliphatic heterocycles. The van der Waals surface area contributed by atoms with E-state index in [0.717, 1.165) is 0 Å². The van der Waals surface area contributed by atoms with Crippen molar-refractivity contribution in [2.24, 2.45) is 0 Å². The third-order valence-electron chi connectivity index (χ3n) is 8.10. The van der Waals surface area contributed by atoms with Gasteiger partial charge in [-0.15, -0.1) is 11.3 Å². The van der Waals surface area contributed by atoms with E-state index < -0.39 is 0 Å². The van der Waals surface area contributed by atoms with Crippen LogP contribution < -0.4 is 9.13 Å². The van der Waals surface area contributed by atoms with Gasteiger partial charge in [-0.05, 0) is 35.9 Å². The lowest BCUT2D eigenvalue weighted by Gasteiger charge is -2.30. The van der Waals surface area contributed by atoms with E-state index >= 15 is 0 Å². The van der Waals surface area contributed by atoms with Crippen molar-refractivity contribution in [3.8, 4) is 22.5 Å². The van der Waals surface area contributed by atoms with Crippen LogP contribution in [0.15, 0.2) is 122 Å². The van der Waals surface area contributed by atoms with Crippen LogP contribution in [0.5, 0.6) is 0 Å². The van der Waals surface area contributed by atoms with Gasteiger partial charge in [0, 0.05) is 50.0 Å². The zero-order valence-corrected chi connectivity index (χ0v) is 20.5. The normalized spacial score (nSPS) is 19.5. The summed E-state index contributed by atoms with van der Waals surface area (Å²) in [7, 11) is 0. The van der Waals surface area contributed by atoms with E-state index in [9.17, 15) is 0 Å². The van der Waals surface area contributed by atoms with Gasteiger partial charge in [0.25, 0.3) is 0 Å². The first-order chi connectivity index (χ1) is 17.8. The third kappa shape index (κ3) is 2.56. The molecule has 8 rings (SSSR count). The number of thiophene rings is 1. The topological polar surface area (TPSA) is 7.76 Å². The summed E-state index contributed by atoms with van der Waals surface area (Å²) in [6, 6.07) is 35.9. The van der Waals surface area contributed by atoms with Gasteiger partial charge >= 0.3 is 0 Å². The summed E-state index contributed by atoms with van der Waals surface area (Å²) < 4.78 is 7.67. The summed E-state index contributed by atoms with van der Waals surface area (Å²) in [4.78, 5) is 0. The fourth-order valence-corrected chi connectivity index (χ4v) is 7.95. The summed E-state index contributed by atoms with van der Waals surface area (Å²) >= 11 is 1.92. The summed E-state index contributed by atoms with van der Waals surface area (Å²) in [6.07, 6.45) is 6.63. The first-order valence-corrected chi connectivity index (χ1v) is 13.3. The molecule has 3 aromatic heterocycles. The molecule has 36 heavy (non-hydrogen) atoms. The maximum absolute atomic E-state index is 4.34. The Labute approximate surface area is 214 Å². The van der Waals surface area contributed by atoms with Gasteiger partial charge in [-0.1, -0.05) is 55.1 Å². The number of nitrogens with zero attached hydrogens (tertiary/aromatic N) is 2. The van der Waals surface area contributed by atoms with E-state index in [1.807, 2.05) is 11.3 Å². The zero-order valence-electron chi connectivity index (χ0n) is 19.7. The molecule has 2 nitrogen and oxygen atoms in total. The van der Waals surface area contributed by atoms with E-state index in [2.05, 4.69) is 131 Å². The number of rotatable bonds is 2. The Morgan fingerprint density at radius 3 is 2.31 bits per heavy atom. The number of hydrogen-bond donors (Lipinski definition) is 0. The van der Waals surface area contributed by atoms with Crippen molar-refractivity contribution in [1.29, 1.82) is 0 Å². The molecule has 0 N–H and O–H groups in total. The second-order valence-corrected chi connectivity index (χ2v) is 10.8. The van der Waals surface area contributed by atoms with Crippen molar-refractivity contribution < 1.29 is 9.13 Å². The Morgan fingerprint density at radius 2 is 1.42 bits per heavy atom. The van der Waals surface area contributed by atoms with Crippen LogP contribution in [-0.4, -0.2) is 0 Å². The number of aromatic nitrogens is 2. The second kappa shape index (κ2) is 7.46. The third-order valence-corrected chi connectivity index (χ3v) is 9.30. The molecular weight excluding hydrogens is 456 g/mol. The largest absolute Gasteiger partial charge is 0.215 e. The highest BCUT2D eigenvalue weighted by molar-refractivity contribution is 7.26. The van der Waals surface area contributed by atoms with Crippen molar-refractivity contribution in [3.63, 3.8) is 0 Å². The highest BCUT2D eigenvalue weighted by Gasteiger charge is 2.51. The number of pyridine rings is 2. The molecular formula is C33H24N2S+2. The van der Waals surface area contributed by atoms with Crippen LogP contribution in [0.1, 0.15) is 29.1 Å². The molecule has 0 saturated carbocycles. The van der Waals surface area contributed by atoms with E-state index in [-0.39, 0.29) is 18.0 Å². The minimum absolute atomic E-state index is 0.144. The number of benzene rings is 3. The van der Waals surface area contributed by atoms with Crippen molar-refractivity contribution in [1.82, 2.24) is 0 Å². The van der Waals surface area contributed by atoms with Crippen molar-refractivity contribution in [2.75, 3.05) is 0 Å². The maximum Gasteiger partial charge on any atom is 0.215 e. The molecule has 6 aromatic rings. The van der Waals surface area contributed by atoms with Gasteiger partial charge in [0.15, 0.2) is 24.5 Å². The summed E-state index contributed by atoms with van der Waals surface area (Å²) in [6.45, 7) is 4.34. The van der Waals surface area contributed by atoms with Crippen LogP contribution >= 0.6 is 11.3 Å². The second-order valence-electron chi connectivity index (χ2n) is 9.78. The zero-order chi connectivity index (χ0) is 23.8. The predicted octanol–water partition coefficient (Wildman–Crippen LogP) is 7.39. The number of fused-ring (bicyclic) bond motifs is 10. The quantitative estimate of drug-likeness (QED) is 0.180. The monoisotopic (exact) mass is 480 g/mol. The number of allylic oxidation sites excluding steroid dienone is 1. The molecule has 0 saturated heterocycles. The Morgan fingerprint density at radius 1 is 0.667 bits per heavy atom. The minimum Gasteiger partial charge on any atom is -0.191 e. The molecule has 5 heterocycles. The lowest BCUT2D eigenvalue weighted by molar-refractivity contribution is -0.739. The summed E-state index contributed by atoms with van der Waals surface area (Å²) in [5.41, 5.74) is 8.07. The van der Waals surface area contributed by atoms with E-state index in [0.29, 0.717) is 0 Å². The molecule has 0 fully saturated rings. The van der Waals surface area contributed by atoms with E-state index in [1.54, 1.807) is 0 Å². The first kappa shape index (κ1) is 20.1. The molecule has 170 valence electrons. The van der Waals surface area contributed by atoms with Crippen LogP contribution in [0.25, 0.3) is 42.7 Å². The average molecular weight is 481 g/mol. The fourth-order valence-electron chi connectivity index (χ4n) is 6.68. The van der Waals surface area contributed by atoms with Crippen LogP contribution in [0.2, 0.25) is 0 Å². The molecule has 2 aliphatic rings. The highest BCUT2D eigenvalue weighted by atomic mass is 32.1. The van der Waals surface area contributed by atoms with Gasteiger partial charge < -0.3 is 0 Å². The van der Waals surface area contributed by atoms with Crippen molar-refractivity contribution in [3.05, 3.63) is 133 Å². The smallest absolute Gasteiger partial charge is 0.191 e. The lowest BCUT2D eigenvalue weighted by Crippen LogP contribution is -2.52. The molecule has 0 aliphatic carbocycles. The molecule has 3 heteroatoms. The molecule has 0 spiro atoms.